The number of nitrogens with zero attached hydrogens (tertiary/aromatic N) is 3. The highest BCUT2D eigenvalue weighted by Crippen LogP contribution is 2.32. The van der Waals surface area contributed by atoms with Crippen LogP contribution in [0.25, 0.3) is 0 Å². The lowest BCUT2D eigenvalue weighted by Crippen LogP contribution is -2.51. The molecule has 2 aromatic carbocycles. The van der Waals surface area contributed by atoms with E-state index in [0.717, 1.165) is 35.7 Å². The maximum absolute atomic E-state index is 13.2. The summed E-state index contributed by atoms with van der Waals surface area (Å²) in [5.41, 5.74) is 0.743. The Morgan fingerprint density at radius 1 is 1.03 bits per heavy atom. The van der Waals surface area contributed by atoms with E-state index in [9.17, 15) is 14.4 Å². The summed E-state index contributed by atoms with van der Waals surface area (Å²) >= 11 is 6.07. The zero-order valence-corrected chi connectivity index (χ0v) is 18.8. The lowest BCUT2D eigenvalue weighted by Gasteiger charge is -2.35. The number of urea groups is 1. The van der Waals surface area contributed by atoms with E-state index in [1.54, 1.807) is 4.90 Å². The van der Waals surface area contributed by atoms with Crippen molar-refractivity contribution in [1.29, 1.82) is 0 Å². The van der Waals surface area contributed by atoms with Gasteiger partial charge in [0.1, 0.15) is 12.1 Å². The maximum atomic E-state index is 13.2. The molecule has 8 heteroatoms. The second-order valence-corrected chi connectivity index (χ2v) is 8.67. The molecule has 2 aromatic rings. The smallest absolute Gasteiger partial charge is 0.325 e. The SMILES string of the molecule is CCC1(c2ccccc2)NC(=O)N(CC(=O)N2CCN(Cc3cccc(Cl)c3)CC2)C1=O. The number of benzene rings is 2. The third kappa shape index (κ3) is 4.36. The molecular formula is C24H27ClN4O3. The highest BCUT2D eigenvalue weighted by atomic mass is 35.5. The van der Waals surface area contributed by atoms with Crippen LogP contribution in [0.4, 0.5) is 4.79 Å². The quantitative estimate of drug-likeness (QED) is 0.681. The third-order valence-electron chi connectivity index (χ3n) is 6.29. The summed E-state index contributed by atoms with van der Waals surface area (Å²) in [6.45, 7) is 4.94. The summed E-state index contributed by atoms with van der Waals surface area (Å²) in [6, 6.07) is 16.4. The summed E-state index contributed by atoms with van der Waals surface area (Å²) in [7, 11) is 0. The summed E-state index contributed by atoms with van der Waals surface area (Å²) in [5, 5.41) is 3.54. The minimum Gasteiger partial charge on any atom is -0.339 e. The van der Waals surface area contributed by atoms with Gasteiger partial charge in [0, 0.05) is 37.7 Å². The number of hydrogen-bond donors (Lipinski definition) is 1. The standard InChI is InChI=1S/C24H27ClN4O3/c1-2-24(19-8-4-3-5-9-19)22(31)29(23(32)26-24)17-21(30)28-13-11-27(12-14-28)16-18-7-6-10-20(25)15-18/h3-10,15H,2,11-14,16-17H2,1H3,(H,26,32). The fourth-order valence-electron chi connectivity index (χ4n) is 4.42. The lowest BCUT2D eigenvalue weighted by atomic mass is 9.87. The van der Waals surface area contributed by atoms with E-state index in [2.05, 4.69) is 10.2 Å². The van der Waals surface area contributed by atoms with Crippen molar-refractivity contribution >= 4 is 29.4 Å². The van der Waals surface area contributed by atoms with Gasteiger partial charge in [0.2, 0.25) is 5.91 Å². The van der Waals surface area contributed by atoms with Gasteiger partial charge in [-0.3, -0.25) is 19.4 Å². The molecule has 2 saturated heterocycles. The molecule has 1 unspecified atom stereocenters. The van der Waals surface area contributed by atoms with E-state index in [1.807, 2.05) is 61.5 Å². The molecular weight excluding hydrogens is 428 g/mol. The van der Waals surface area contributed by atoms with Crippen molar-refractivity contribution in [2.75, 3.05) is 32.7 Å². The first kappa shape index (κ1) is 22.3. The lowest BCUT2D eigenvalue weighted by molar-refractivity contribution is -0.140. The molecule has 4 rings (SSSR count). The van der Waals surface area contributed by atoms with Gasteiger partial charge in [-0.15, -0.1) is 0 Å². The molecule has 0 aromatic heterocycles. The average Bonchev–Trinajstić information content (AvgIpc) is 3.05. The van der Waals surface area contributed by atoms with Crippen LogP contribution in [0.1, 0.15) is 24.5 Å². The number of halogens is 1. The Hall–Kier alpha value is -2.90. The molecule has 1 N–H and O–H groups in total. The van der Waals surface area contributed by atoms with Gasteiger partial charge in [-0.25, -0.2) is 4.79 Å². The number of imide groups is 1. The van der Waals surface area contributed by atoms with Crippen LogP contribution in [0.2, 0.25) is 5.02 Å². The first-order valence-corrected chi connectivity index (χ1v) is 11.2. The molecule has 168 valence electrons. The van der Waals surface area contributed by atoms with Crippen molar-refractivity contribution < 1.29 is 14.4 Å². The molecule has 0 aliphatic carbocycles. The topological polar surface area (TPSA) is 73.0 Å². The number of nitrogens with one attached hydrogen (secondary N) is 1. The van der Waals surface area contributed by atoms with Crippen molar-refractivity contribution in [3.63, 3.8) is 0 Å². The number of piperazine rings is 1. The second kappa shape index (κ2) is 9.30. The van der Waals surface area contributed by atoms with Crippen molar-refractivity contribution in [2.24, 2.45) is 0 Å². The number of hydrogen-bond acceptors (Lipinski definition) is 4. The van der Waals surface area contributed by atoms with Crippen LogP contribution in [-0.4, -0.2) is 65.3 Å². The normalized spacial score (nSPS) is 21.7. The Labute approximate surface area is 192 Å². The van der Waals surface area contributed by atoms with Crippen molar-refractivity contribution in [3.05, 3.63) is 70.7 Å². The van der Waals surface area contributed by atoms with Crippen LogP contribution in [0.5, 0.6) is 0 Å². The fraction of sp³-hybridized carbons (Fsp3) is 0.375. The van der Waals surface area contributed by atoms with Gasteiger partial charge in [0.05, 0.1) is 0 Å². The van der Waals surface area contributed by atoms with Crippen LogP contribution in [0.15, 0.2) is 54.6 Å². The van der Waals surface area contributed by atoms with Gasteiger partial charge < -0.3 is 10.2 Å². The van der Waals surface area contributed by atoms with E-state index < -0.39 is 11.6 Å². The molecule has 2 aliphatic heterocycles. The summed E-state index contributed by atoms with van der Waals surface area (Å²) in [6.07, 6.45) is 0.411. The minimum absolute atomic E-state index is 0.212. The second-order valence-electron chi connectivity index (χ2n) is 8.23. The van der Waals surface area contributed by atoms with Gasteiger partial charge in [0.15, 0.2) is 0 Å². The van der Waals surface area contributed by atoms with Crippen LogP contribution in [0, 0.1) is 0 Å². The molecule has 0 saturated carbocycles. The predicted octanol–water partition coefficient (Wildman–Crippen LogP) is 2.84. The van der Waals surface area contributed by atoms with Gasteiger partial charge in [-0.05, 0) is 29.7 Å². The molecule has 32 heavy (non-hydrogen) atoms. The molecule has 0 spiro atoms. The number of rotatable bonds is 6. The number of carbonyl (C=O) groups is 3. The molecule has 7 nitrogen and oxygen atoms in total. The van der Waals surface area contributed by atoms with Crippen molar-refractivity contribution in [3.8, 4) is 0 Å². The fourth-order valence-corrected chi connectivity index (χ4v) is 4.63. The minimum atomic E-state index is -1.12. The van der Waals surface area contributed by atoms with Crippen LogP contribution in [-0.2, 0) is 21.7 Å². The van der Waals surface area contributed by atoms with Gasteiger partial charge >= 0.3 is 6.03 Å². The summed E-state index contributed by atoms with van der Waals surface area (Å²) in [4.78, 5) is 43.8. The van der Waals surface area contributed by atoms with Crippen molar-refractivity contribution in [2.45, 2.75) is 25.4 Å². The zero-order valence-electron chi connectivity index (χ0n) is 18.1. The van der Waals surface area contributed by atoms with Crippen LogP contribution in [0.3, 0.4) is 0 Å². The molecule has 4 amide bonds. The highest BCUT2D eigenvalue weighted by Gasteiger charge is 2.51. The van der Waals surface area contributed by atoms with E-state index in [1.165, 1.54) is 0 Å². The largest absolute Gasteiger partial charge is 0.339 e. The third-order valence-corrected chi connectivity index (χ3v) is 6.52. The summed E-state index contributed by atoms with van der Waals surface area (Å²) in [5.74, 6) is -0.583. The van der Waals surface area contributed by atoms with Crippen LogP contribution >= 0.6 is 11.6 Å². The van der Waals surface area contributed by atoms with Crippen LogP contribution < -0.4 is 5.32 Å². The molecule has 2 heterocycles. The number of carbonyl (C=O) groups excluding carboxylic acids is 3. The van der Waals surface area contributed by atoms with Gasteiger partial charge in [-0.2, -0.15) is 0 Å². The van der Waals surface area contributed by atoms with E-state index in [-0.39, 0.29) is 18.4 Å². The molecule has 0 bridgehead atoms. The van der Waals surface area contributed by atoms with E-state index in [4.69, 9.17) is 11.6 Å². The first-order valence-electron chi connectivity index (χ1n) is 10.9. The monoisotopic (exact) mass is 454 g/mol. The molecule has 1 atom stereocenters. The number of amides is 4. The highest BCUT2D eigenvalue weighted by molar-refractivity contribution is 6.30. The van der Waals surface area contributed by atoms with E-state index >= 15 is 0 Å². The Morgan fingerprint density at radius 2 is 1.75 bits per heavy atom. The van der Waals surface area contributed by atoms with Gasteiger partial charge in [0.25, 0.3) is 5.91 Å². The Kier molecular flexibility index (Phi) is 6.48. The van der Waals surface area contributed by atoms with Crippen molar-refractivity contribution in [1.82, 2.24) is 20.0 Å². The predicted molar refractivity (Wildman–Crippen MR) is 122 cm³/mol. The first-order chi connectivity index (χ1) is 15.4. The molecule has 0 radical (unpaired) electrons. The maximum Gasteiger partial charge on any atom is 0.325 e. The summed E-state index contributed by atoms with van der Waals surface area (Å²) < 4.78 is 0. The Morgan fingerprint density at radius 3 is 2.41 bits per heavy atom. The average molecular weight is 455 g/mol. The van der Waals surface area contributed by atoms with E-state index in [0.29, 0.717) is 24.5 Å². The molecule has 2 fully saturated rings. The Balaban J connectivity index is 1.36. The van der Waals surface area contributed by atoms with Gasteiger partial charge in [-0.1, -0.05) is 61.0 Å². The zero-order chi connectivity index (χ0) is 22.7. The molecule has 2 aliphatic rings. The Bertz CT molecular complexity index is 1010.